The lowest BCUT2D eigenvalue weighted by Gasteiger charge is -2.34. The van der Waals surface area contributed by atoms with Gasteiger partial charge in [-0.1, -0.05) is 117 Å². The van der Waals surface area contributed by atoms with Crippen molar-refractivity contribution in [1.29, 1.82) is 0 Å². The van der Waals surface area contributed by atoms with Crippen molar-refractivity contribution in [2.75, 3.05) is 0 Å². The van der Waals surface area contributed by atoms with Crippen LogP contribution in [0.5, 0.6) is 0 Å². The second-order valence-electron chi connectivity index (χ2n) is 6.50. The van der Waals surface area contributed by atoms with Gasteiger partial charge in [-0.2, -0.15) is 0 Å². The summed E-state index contributed by atoms with van der Waals surface area (Å²) in [6.45, 7) is 0. The van der Waals surface area contributed by atoms with Crippen molar-refractivity contribution in [3.8, 4) is 0 Å². The van der Waals surface area contributed by atoms with E-state index in [0.717, 1.165) is 8.95 Å². The van der Waals surface area contributed by atoms with Crippen LogP contribution in [0.3, 0.4) is 0 Å². The first kappa shape index (κ1) is 18.4. The molecule has 27 heavy (non-hydrogen) atoms. The lowest BCUT2D eigenvalue weighted by molar-refractivity contribution is 1.63. The lowest BCUT2D eigenvalue weighted by Crippen LogP contribution is -2.74. The average Bonchev–Trinajstić information content (AvgIpc) is 2.73. The summed E-state index contributed by atoms with van der Waals surface area (Å²) in [6.07, 6.45) is 0. The molecule has 3 heteroatoms. The quantitative estimate of drug-likeness (QED) is 0.288. The molecule has 0 heterocycles. The molecule has 132 valence electrons. The summed E-state index contributed by atoms with van der Waals surface area (Å²) in [6, 6.07) is 39.6. The molecule has 0 aliphatic carbocycles. The Morgan fingerprint density at radius 1 is 0.370 bits per heavy atom. The van der Waals surface area contributed by atoms with E-state index >= 15 is 0 Å². The van der Waals surface area contributed by atoms with Gasteiger partial charge in [0.25, 0.3) is 0 Å². The first-order valence-electron chi connectivity index (χ1n) is 8.84. The normalized spacial score (nSPS) is 11.3. The third-order valence-electron chi connectivity index (χ3n) is 4.97. The van der Waals surface area contributed by atoms with Crippen molar-refractivity contribution in [3.63, 3.8) is 0 Å². The van der Waals surface area contributed by atoms with Crippen LogP contribution >= 0.6 is 31.9 Å². The molecule has 0 nitrogen and oxygen atoms in total. The van der Waals surface area contributed by atoms with E-state index in [4.69, 9.17) is 0 Å². The molecule has 0 aliphatic rings. The maximum absolute atomic E-state index is 3.60. The van der Waals surface area contributed by atoms with Gasteiger partial charge in [0.05, 0.1) is 0 Å². The molecule has 0 atom stereocenters. The molecule has 4 aromatic rings. The standard InChI is InChI=1S/C24H18Br2Si/c25-19-11-15-23(16-12-19)27(21-7-3-1-4-8-21,22-9-5-2-6-10-22)24-17-13-20(26)14-18-24/h1-18H. The minimum atomic E-state index is -2.39. The van der Waals surface area contributed by atoms with Crippen LogP contribution in [0.1, 0.15) is 0 Å². The van der Waals surface area contributed by atoms with E-state index in [2.05, 4.69) is 141 Å². The zero-order valence-electron chi connectivity index (χ0n) is 14.6. The number of hydrogen-bond donors (Lipinski definition) is 0. The lowest BCUT2D eigenvalue weighted by atomic mass is 10.3. The van der Waals surface area contributed by atoms with Crippen molar-refractivity contribution in [3.05, 3.63) is 118 Å². The molecule has 0 aliphatic heterocycles. The summed E-state index contributed by atoms with van der Waals surface area (Å²) in [5, 5.41) is 5.54. The zero-order chi connectivity index (χ0) is 18.7. The van der Waals surface area contributed by atoms with E-state index in [9.17, 15) is 0 Å². The van der Waals surface area contributed by atoms with E-state index in [1.807, 2.05) is 0 Å². The molecule has 0 aromatic heterocycles. The van der Waals surface area contributed by atoms with Gasteiger partial charge in [-0.25, -0.2) is 0 Å². The average molecular weight is 494 g/mol. The summed E-state index contributed by atoms with van der Waals surface area (Å²) in [7, 11) is -2.39. The van der Waals surface area contributed by atoms with E-state index in [1.54, 1.807) is 0 Å². The van der Waals surface area contributed by atoms with Crippen molar-refractivity contribution < 1.29 is 0 Å². The number of halogens is 2. The largest absolute Gasteiger partial charge is 0.179 e. The molecule has 0 unspecified atom stereocenters. The Balaban J connectivity index is 2.11. The zero-order valence-corrected chi connectivity index (χ0v) is 18.8. The summed E-state index contributed by atoms with van der Waals surface area (Å²) in [4.78, 5) is 0. The number of hydrogen-bond acceptors (Lipinski definition) is 0. The highest BCUT2D eigenvalue weighted by molar-refractivity contribution is 9.10. The maximum atomic E-state index is 3.60. The van der Waals surface area contributed by atoms with Gasteiger partial charge < -0.3 is 0 Å². The summed E-state index contributed by atoms with van der Waals surface area (Å²) >= 11 is 7.20. The Kier molecular flexibility index (Phi) is 5.44. The smallest absolute Gasteiger partial charge is 0.0623 e. The molecule has 4 rings (SSSR count). The first-order chi connectivity index (χ1) is 13.2. The van der Waals surface area contributed by atoms with Gasteiger partial charge in [0, 0.05) is 8.95 Å². The van der Waals surface area contributed by atoms with Gasteiger partial charge in [0.1, 0.15) is 0 Å². The molecule has 4 aromatic carbocycles. The Labute approximate surface area is 178 Å². The number of rotatable bonds is 4. The summed E-state index contributed by atoms with van der Waals surface area (Å²) in [5.74, 6) is 0. The second kappa shape index (κ2) is 7.97. The fourth-order valence-electron chi connectivity index (χ4n) is 3.78. The van der Waals surface area contributed by atoms with Gasteiger partial charge in [-0.15, -0.1) is 0 Å². The van der Waals surface area contributed by atoms with E-state index in [-0.39, 0.29) is 0 Å². The fourth-order valence-corrected chi connectivity index (χ4v) is 9.02. The third kappa shape index (κ3) is 3.47. The third-order valence-corrected chi connectivity index (χ3v) is 10.8. The Morgan fingerprint density at radius 3 is 1.00 bits per heavy atom. The molecule has 0 spiro atoms. The van der Waals surface area contributed by atoms with Crippen LogP contribution in [-0.4, -0.2) is 8.07 Å². The molecule has 0 saturated heterocycles. The van der Waals surface area contributed by atoms with Crippen LogP contribution in [0.25, 0.3) is 0 Å². The Morgan fingerprint density at radius 2 is 0.667 bits per heavy atom. The van der Waals surface area contributed by atoms with Crippen molar-refractivity contribution in [1.82, 2.24) is 0 Å². The molecule has 0 fully saturated rings. The first-order valence-corrected chi connectivity index (χ1v) is 12.4. The molecular weight excluding hydrogens is 476 g/mol. The molecule has 0 saturated carbocycles. The summed E-state index contributed by atoms with van der Waals surface area (Å²) < 4.78 is 2.21. The van der Waals surface area contributed by atoms with Gasteiger partial charge >= 0.3 is 0 Å². The monoisotopic (exact) mass is 492 g/mol. The van der Waals surface area contributed by atoms with Gasteiger partial charge in [0.15, 0.2) is 8.07 Å². The molecule has 0 N–H and O–H groups in total. The maximum Gasteiger partial charge on any atom is 0.179 e. The van der Waals surface area contributed by atoms with Crippen molar-refractivity contribution in [2.45, 2.75) is 0 Å². The second-order valence-corrected chi connectivity index (χ2v) is 12.1. The van der Waals surface area contributed by atoms with Crippen LogP contribution in [0, 0.1) is 0 Å². The predicted octanol–water partition coefficient (Wildman–Crippen LogP) is 4.59. The highest BCUT2D eigenvalue weighted by Gasteiger charge is 2.41. The highest BCUT2D eigenvalue weighted by atomic mass is 79.9. The van der Waals surface area contributed by atoms with E-state index in [0.29, 0.717) is 0 Å². The minimum absolute atomic E-state index is 1.10. The van der Waals surface area contributed by atoms with Crippen LogP contribution in [0.2, 0.25) is 0 Å². The Hall–Kier alpha value is -1.94. The van der Waals surface area contributed by atoms with Crippen molar-refractivity contribution >= 4 is 60.7 Å². The van der Waals surface area contributed by atoms with Crippen LogP contribution in [0.15, 0.2) is 118 Å². The van der Waals surface area contributed by atoms with Crippen LogP contribution in [0.4, 0.5) is 0 Å². The van der Waals surface area contributed by atoms with Gasteiger partial charge in [-0.05, 0) is 45.0 Å². The van der Waals surface area contributed by atoms with Gasteiger partial charge in [0.2, 0.25) is 0 Å². The fraction of sp³-hybridized carbons (Fsp3) is 0. The van der Waals surface area contributed by atoms with Crippen molar-refractivity contribution in [2.24, 2.45) is 0 Å². The van der Waals surface area contributed by atoms with Gasteiger partial charge in [-0.3, -0.25) is 0 Å². The van der Waals surface area contributed by atoms with E-state index < -0.39 is 8.07 Å². The summed E-state index contributed by atoms with van der Waals surface area (Å²) in [5.41, 5.74) is 0. The number of benzene rings is 4. The van der Waals surface area contributed by atoms with Crippen LogP contribution < -0.4 is 20.7 Å². The predicted molar refractivity (Wildman–Crippen MR) is 125 cm³/mol. The van der Waals surface area contributed by atoms with Crippen LogP contribution in [-0.2, 0) is 0 Å². The SMILES string of the molecule is Brc1ccc([Si](c2ccccc2)(c2ccccc2)c2ccc(Br)cc2)cc1. The highest BCUT2D eigenvalue weighted by Crippen LogP contribution is 2.14. The minimum Gasteiger partial charge on any atom is -0.0623 e. The Bertz CT molecular complexity index is 924. The molecule has 0 amide bonds. The molecular formula is C24H18Br2Si. The molecule has 0 radical (unpaired) electrons. The van der Waals surface area contributed by atoms with E-state index in [1.165, 1.54) is 20.7 Å². The molecule has 0 bridgehead atoms. The topological polar surface area (TPSA) is 0 Å².